The molecule has 0 radical (unpaired) electrons. The molecule has 0 spiro atoms. The van der Waals surface area contributed by atoms with Crippen LogP contribution in [0.3, 0.4) is 0 Å². The van der Waals surface area contributed by atoms with Crippen molar-refractivity contribution >= 4 is 23.4 Å². The number of rotatable bonds is 6. The van der Waals surface area contributed by atoms with Crippen LogP contribution in [0.25, 0.3) is 11.5 Å². The van der Waals surface area contributed by atoms with Crippen molar-refractivity contribution in [1.82, 2.24) is 10.2 Å². The number of benzene rings is 2. The molecular formula is C19H16N4O2S. The van der Waals surface area contributed by atoms with Crippen molar-refractivity contribution in [3.8, 4) is 17.5 Å². The van der Waals surface area contributed by atoms with Crippen molar-refractivity contribution in [2.45, 2.75) is 18.6 Å². The third-order valence-electron chi connectivity index (χ3n) is 3.52. The van der Waals surface area contributed by atoms with E-state index in [0.29, 0.717) is 23.2 Å². The van der Waals surface area contributed by atoms with Gasteiger partial charge in [0.1, 0.15) is 0 Å². The van der Waals surface area contributed by atoms with Crippen LogP contribution in [0.2, 0.25) is 0 Å². The third-order valence-corrected chi connectivity index (χ3v) is 4.34. The molecule has 3 rings (SSSR count). The van der Waals surface area contributed by atoms with E-state index in [1.807, 2.05) is 43.3 Å². The molecule has 0 saturated carbocycles. The minimum Gasteiger partial charge on any atom is -0.411 e. The highest BCUT2D eigenvalue weighted by Gasteiger charge is 2.11. The molecule has 0 saturated heterocycles. The Morgan fingerprint density at radius 3 is 2.77 bits per heavy atom. The summed E-state index contributed by atoms with van der Waals surface area (Å²) >= 11 is 1.18. The van der Waals surface area contributed by atoms with Crippen molar-refractivity contribution < 1.29 is 9.21 Å². The fraction of sp³-hybridized carbons (Fsp3) is 0.158. The van der Waals surface area contributed by atoms with Crippen molar-refractivity contribution in [2.75, 3.05) is 11.1 Å². The summed E-state index contributed by atoms with van der Waals surface area (Å²) in [5.74, 6) is 0.429. The lowest BCUT2D eigenvalue weighted by atomic mass is 10.1. The zero-order chi connectivity index (χ0) is 18.4. The molecule has 130 valence electrons. The van der Waals surface area contributed by atoms with Gasteiger partial charge in [0.25, 0.3) is 5.22 Å². The number of thioether (sulfide) groups is 1. The van der Waals surface area contributed by atoms with Crippen LogP contribution < -0.4 is 5.32 Å². The van der Waals surface area contributed by atoms with Crippen LogP contribution in [0.1, 0.15) is 11.1 Å². The highest BCUT2D eigenvalue weighted by Crippen LogP contribution is 2.23. The maximum absolute atomic E-state index is 12.0. The van der Waals surface area contributed by atoms with E-state index in [-0.39, 0.29) is 11.7 Å². The molecular weight excluding hydrogens is 348 g/mol. The Balaban J connectivity index is 1.54. The lowest BCUT2D eigenvalue weighted by Crippen LogP contribution is -2.13. The summed E-state index contributed by atoms with van der Waals surface area (Å²) in [4.78, 5) is 12.0. The molecule has 0 aliphatic carbocycles. The Kier molecular flexibility index (Phi) is 5.66. The van der Waals surface area contributed by atoms with Crippen LogP contribution >= 0.6 is 11.8 Å². The third kappa shape index (κ3) is 4.71. The Morgan fingerprint density at radius 2 is 2.04 bits per heavy atom. The number of nitriles is 1. The van der Waals surface area contributed by atoms with Crippen LogP contribution in [-0.2, 0) is 11.2 Å². The van der Waals surface area contributed by atoms with Crippen LogP contribution in [-0.4, -0.2) is 21.9 Å². The Hall–Kier alpha value is -3.11. The fourth-order valence-corrected chi connectivity index (χ4v) is 2.85. The van der Waals surface area contributed by atoms with Gasteiger partial charge in [0.2, 0.25) is 11.8 Å². The molecule has 1 aromatic heterocycles. The first-order valence-electron chi connectivity index (χ1n) is 7.93. The maximum atomic E-state index is 12.0. The van der Waals surface area contributed by atoms with E-state index < -0.39 is 0 Å². The summed E-state index contributed by atoms with van der Waals surface area (Å²) in [6, 6.07) is 17.1. The summed E-state index contributed by atoms with van der Waals surface area (Å²) in [6.45, 7) is 1.99. The molecule has 2 aromatic carbocycles. The highest BCUT2D eigenvalue weighted by atomic mass is 32.2. The Bertz CT molecular complexity index is 945. The van der Waals surface area contributed by atoms with Gasteiger partial charge in [0.05, 0.1) is 18.2 Å². The average molecular weight is 364 g/mol. The number of carbonyl (C=O) groups excluding carboxylic acids is 1. The monoisotopic (exact) mass is 364 g/mol. The number of hydrogen-bond donors (Lipinski definition) is 1. The first-order chi connectivity index (χ1) is 12.6. The first-order valence-corrected chi connectivity index (χ1v) is 8.91. The van der Waals surface area contributed by atoms with E-state index in [0.717, 1.165) is 16.7 Å². The van der Waals surface area contributed by atoms with E-state index in [2.05, 4.69) is 21.6 Å². The predicted molar refractivity (Wildman–Crippen MR) is 99.6 cm³/mol. The van der Waals surface area contributed by atoms with Gasteiger partial charge < -0.3 is 9.73 Å². The topological polar surface area (TPSA) is 91.8 Å². The van der Waals surface area contributed by atoms with Gasteiger partial charge >= 0.3 is 0 Å². The van der Waals surface area contributed by atoms with Gasteiger partial charge in [0, 0.05) is 11.3 Å². The van der Waals surface area contributed by atoms with Crippen molar-refractivity contribution in [1.29, 1.82) is 5.26 Å². The van der Waals surface area contributed by atoms with Crippen LogP contribution in [0.4, 0.5) is 5.69 Å². The van der Waals surface area contributed by atoms with E-state index >= 15 is 0 Å². The van der Waals surface area contributed by atoms with Gasteiger partial charge in [-0.1, -0.05) is 41.6 Å². The molecule has 1 amide bonds. The van der Waals surface area contributed by atoms with Crippen molar-refractivity contribution in [3.63, 3.8) is 0 Å². The minimum atomic E-state index is -0.168. The summed E-state index contributed by atoms with van der Waals surface area (Å²) in [5, 5.41) is 19.8. The van der Waals surface area contributed by atoms with Crippen LogP contribution in [0.5, 0.6) is 0 Å². The average Bonchev–Trinajstić information content (AvgIpc) is 3.11. The van der Waals surface area contributed by atoms with E-state index in [4.69, 9.17) is 9.68 Å². The van der Waals surface area contributed by atoms with E-state index in [9.17, 15) is 4.79 Å². The van der Waals surface area contributed by atoms with Gasteiger partial charge in [0.15, 0.2) is 0 Å². The maximum Gasteiger partial charge on any atom is 0.277 e. The molecule has 0 aliphatic rings. The number of amides is 1. The standard InChI is InChI=1S/C19H16N4O2S/c1-13-3-2-4-15(11-13)18-22-23-19(25-18)26-12-17(24)21-16-7-5-14(6-8-16)9-10-20/h2-8,11H,9,12H2,1H3,(H,21,24). The number of anilines is 1. The summed E-state index contributed by atoms with van der Waals surface area (Å²) in [7, 11) is 0. The smallest absolute Gasteiger partial charge is 0.277 e. The number of nitrogens with one attached hydrogen (secondary N) is 1. The zero-order valence-electron chi connectivity index (χ0n) is 14.1. The molecule has 0 atom stereocenters. The molecule has 7 heteroatoms. The molecule has 1 N–H and O–H groups in total. The number of nitrogens with zero attached hydrogens (tertiary/aromatic N) is 3. The quantitative estimate of drug-likeness (QED) is 0.668. The minimum absolute atomic E-state index is 0.162. The summed E-state index contributed by atoms with van der Waals surface area (Å²) in [6.07, 6.45) is 0.352. The van der Waals surface area contributed by atoms with Crippen molar-refractivity contribution in [2.24, 2.45) is 0 Å². The SMILES string of the molecule is Cc1cccc(-c2nnc(SCC(=O)Nc3ccc(CC#N)cc3)o2)c1. The highest BCUT2D eigenvalue weighted by molar-refractivity contribution is 7.99. The second-order valence-corrected chi connectivity index (χ2v) is 6.54. The number of carbonyl (C=O) groups is 1. The summed E-state index contributed by atoms with van der Waals surface area (Å²) in [5.41, 5.74) is 3.55. The molecule has 0 fully saturated rings. The van der Waals surface area contributed by atoms with E-state index in [1.165, 1.54) is 11.8 Å². The largest absolute Gasteiger partial charge is 0.411 e. The molecule has 3 aromatic rings. The number of aryl methyl sites for hydroxylation is 1. The predicted octanol–water partition coefficient (Wildman–Crippen LogP) is 3.84. The van der Waals surface area contributed by atoms with Gasteiger partial charge in [-0.2, -0.15) is 5.26 Å². The lowest BCUT2D eigenvalue weighted by Gasteiger charge is -2.04. The zero-order valence-corrected chi connectivity index (χ0v) is 14.9. The number of hydrogen-bond acceptors (Lipinski definition) is 6. The first kappa shape index (κ1) is 17.7. The lowest BCUT2D eigenvalue weighted by molar-refractivity contribution is -0.113. The second-order valence-electron chi connectivity index (χ2n) is 5.61. The molecule has 0 aliphatic heterocycles. The molecule has 0 bridgehead atoms. The fourth-order valence-electron chi connectivity index (χ4n) is 2.28. The van der Waals surface area contributed by atoms with Crippen LogP contribution in [0, 0.1) is 18.3 Å². The van der Waals surface area contributed by atoms with Crippen LogP contribution in [0.15, 0.2) is 58.2 Å². The van der Waals surface area contributed by atoms with Gasteiger partial charge in [-0.25, -0.2) is 0 Å². The summed E-state index contributed by atoms with van der Waals surface area (Å²) < 4.78 is 5.60. The van der Waals surface area contributed by atoms with Gasteiger partial charge in [-0.15, -0.1) is 10.2 Å². The van der Waals surface area contributed by atoms with E-state index in [1.54, 1.807) is 12.1 Å². The van der Waals surface area contributed by atoms with Gasteiger partial charge in [-0.05, 0) is 36.8 Å². The molecule has 0 unspecified atom stereocenters. The Labute approximate surface area is 155 Å². The molecule has 6 nitrogen and oxygen atoms in total. The Morgan fingerprint density at radius 1 is 1.23 bits per heavy atom. The number of aromatic nitrogens is 2. The van der Waals surface area contributed by atoms with Gasteiger partial charge in [-0.3, -0.25) is 4.79 Å². The second kappa shape index (κ2) is 8.32. The molecule has 1 heterocycles. The normalized spacial score (nSPS) is 10.3. The molecule has 26 heavy (non-hydrogen) atoms. The van der Waals surface area contributed by atoms with Crippen molar-refractivity contribution in [3.05, 3.63) is 59.7 Å².